The molecule has 0 fully saturated rings. The van der Waals surface area contributed by atoms with Gasteiger partial charge in [-0.05, 0) is 19.4 Å². The molecule has 0 amide bonds. The molecule has 0 saturated carbocycles. The topological polar surface area (TPSA) is 37.3 Å². The molecule has 0 aliphatic rings. The van der Waals surface area contributed by atoms with Crippen LogP contribution in [-0.4, -0.2) is 11.3 Å². The molecule has 0 aromatic heterocycles. The summed E-state index contributed by atoms with van der Waals surface area (Å²) >= 11 is 0. The van der Waals surface area contributed by atoms with E-state index in [9.17, 15) is 9.67 Å². The van der Waals surface area contributed by atoms with Gasteiger partial charge in [0.05, 0.1) is 5.60 Å². The second-order valence-corrected chi connectivity index (χ2v) is 9.54. The van der Waals surface area contributed by atoms with Crippen LogP contribution in [0.1, 0.15) is 18.1 Å². The van der Waals surface area contributed by atoms with Gasteiger partial charge >= 0.3 is 0 Å². The minimum Gasteiger partial charge on any atom is -0.385 e. The molecule has 0 aliphatic carbocycles. The number of aliphatic hydroxyl groups is 1. The van der Waals surface area contributed by atoms with E-state index in [1.54, 1.807) is 6.92 Å². The first kappa shape index (κ1) is 17.7. The van der Waals surface area contributed by atoms with Crippen LogP contribution < -0.4 is 10.6 Å². The van der Waals surface area contributed by atoms with Crippen molar-refractivity contribution in [3.8, 4) is 0 Å². The third kappa shape index (κ3) is 3.76. The maximum absolute atomic E-state index is 14.1. The van der Waals surface area contributed by atoms with Crippen molar-refractivity contribution in [2.45, 2.75) is 19.4 Å². The molecule has 3 aromatic rings. The molecule has 3 aromatic carbocycles. The van der Waals surface area contributed by atoms with Crippen molar-refractivity contribution in [1.29, 1.82) is 0 Å². The molecule has 1 N–H and O–H groups in total. The normalized spacial score (nSPS) is 14.0. The molecule has 0 radical (unpaired) electrons. The van der Waals surface area contributed by atoms with E-state index in [4.69, 9.17) is 0 Å². The summed E-state index contributed by atoms with van der Waals surface area (Å²) in [6, 6.07) is 26.7. The van der Waals surface area contributed by atoms with Gasteiger partial charge in [-0.3, -0.25) is 0 Å². The predicted molar refractivity (Wildman–Crippen MR) is 105 cm³/mol. The summed E-state index contributed by atoms with van der Waals surface area (Å²) in [5.41, 5.74) is 0.730. The quantitative estimate of drug-likeness (QED) is 0.700. The van der Waals surface area contributed by atoms with E-state index in [1.807, 2.05) is 91.9 Å². The summed E-state index contributed by atoms with van der Waals surface area (Å²) in [6.45, 7) is 3.76. The van der Waals surface area contributed by atoms with Gasteiger partial charge in [-0.25, -0.2) is 0 Å². The monoisotopic (exact) mass is 350 g/mol. The van der Waals surface area contributed by atoms with Crippen LogP contribution in [0.4, 0.5) is 0 Å². The lowest BCUT2D eigenvalue weighted by Crippen LogP contribution is -2.32. The summed E-state index contributed by atoms with van der Waals surface area (Å²) in [5.74, 6) is 0. The van der Waals surface area contributed by atoms with Crippen molar-refractivity contribution in [2.24, 2.45) is 0 Å². The summed E-state index contributed by atoms with van der Waals surface area (Å²) in [5, 5.41) is 12.7. The van der Waals surface area contributed by atoms with Crippen LogP contribution >= 0.6 is 7.14 Å². The second-order valence-electron chi connectivity index (χ2n) is 6.71. The largest absolute Gasteiger partial charge is 0.385 e. The molecule has 3 rings (SSSR count). The van der Waals surface area contributed by atoms with Gasteiger partial charge in [-0.2, -0.15) is 0 Å². The number of aryl methyl sites for hydroxylation is 1. The Morgan fingerprint density at radius 1 is 0.800 bits per heavy atom. The zero-order valence-electron chi connectivity index (χ0n) is 14.6. The first-order valence-electron chi connectivity index (χ1n) is 8.42. The summed E-state index contributed by atoms with van der Waals surface area (Å²) in [7, 11) is -2.97. The van der Waals surface area contributed by atoms with Crippen molar-refractivity contribution < 1.29 is 9.67 Å². The molecule has 25 heavy (non-hydrogen) atoms. The zero-order valence-corrected chi connectivity index (χ0v) is 15.5. The van der Waals surface area contributed by atoms with Gasteiger partial charge < -0.3 is 9.67 Å². The van der Waals surface area contributed by atoms with E-state index in [-0.39, 0.29) is 6.16 Å². The van der Waals surface area contributed by atoms with Crippen LogP contribution in [0.3, 0.4) is 0 Å². The van der Waals surface area contributed by atoms with E-state index in [1.165, 1.54) is 0 Å². The zero-order chi connectivity index (χ0) is 17.9. The Morgan fingerprint density at radius 3 is 1.68 bits per heavy atom. The SMILES string of the molecule is Cc1ccc(C(C)(O)CP(=O)(c2ccccc2)c2ccccc2)cc1. The smallest absolute Gasteiger partial charge is 0.146 e. The molecule has 0 spiro atoms. The number of hydrogen-bond donors (Lipinski definition) is 1. The van der Waals surface area contributed by atoms with Gasteiger partial charge in [0.2, 0.25) is 0 Å². The minimum atomic E-state index is -2.97. The Morgan fingerprint density at radius 2 is 1.24 bits per heavy atom. The van der Waals surface area contributed by atoms with Gasteiger partial charge in [0.1, 0.15) is 7.14 Å². The first-order chi connectivity index (χ1) is 11.9. The Kier molecular flexibility index (Phi) is 4.94. The average molecular weight is 350 g/mol. The molecule has 2 nitrogen and oxygen atoms in total. The second kappa shape index (κ2) is 7.00. The minimum absolute atomic E-state index is 0.164. The van der Waals surface area contributed by atoms with Crippen molar-refractivity contribution >= 4 is 17.8 Å². The first-order valence-corrected chi connectivity index (χ1v) is 10.3. The van der Waals surface area contributed by atoms with Crippen molar-refractivity contribution in [3.63, 3.8) is 0 Å². The molecular formula is C22H23O2P. The van der Waals surface area contributed by atoms with E-state index in [0.29, 0.717) is 0 Å². The molecular weight excluding hydrogens is 327 g/mol. The fourth-order valence-corrected chi connectivity index (χ4v) is 6.13. The molecule has 3 heteroatoms. The third-order valence-corrected chi connectivity index (χ3v) is 7.88. The average Bonchev–Trinajstić information content (AvgIpc) is 2.63. The number of benzene rings is 3. The predicted octanol–water partition coefficient (Wildman–Crippen LogP) is 4.22. The maximum atomic E-state index is 14.1. The lowest BCUT2D eigenvalue weighted by Gasteiger charge is -2.30. The van der Waals surface area contributed by atoms with Crippen LogP contribution in [0.15, 0.2) is 84.9 Å². The lowest BCUT2D eigenvalue weighted by atomic mass is 9.97. The molecule has 0 bridgehead atoms. The van der Waals surface area contributed by atoms with E-state index in [2.05, 4.69) is 0 Å². The number of rotatable bonds is 5. The Labute approximate surface area is 149 Å². The molecule has 128 valence electrons. The highest BCUT2D eigenvalue weighted by Gasteiger charge is 2.37. The summed E-state index contributed by atoms with van der Waals surface area (Å²) in [6.07, 6.45) is 0.164. The molecule has 1 unspecified atom stereocenters. The Bertz CT molecular complexity index is 825. The van der Waals surface area contributed by atoms with Gasteiger partial charge in [0.25, 0.3) is 0 Å². The van der Waals surface area contributed by atoms with Crippen LogP contribution in [-0.2, 0) is 10.2 Å². The highest BCUT2D eigenvalue weighted by atomic mass is 31.2. The Hall–Kier alpha value is -2.15. The Balaban J connectivity index is 2.07. The van der Waals surface area contributed by atoms with Gasteiger partial charge in [-0.1, -0.05) is 90.5 Å². The fourth-order valence-electron chi connectivity index (χ4n) is 3.11. The van der Waals surface area contributed by atoms with Crippen LogP contribution in [0.2, 0.25) is 0 Å². The van der Waals surface area contributed by atoms with Gasteiger partial charge in [0.15, 0.2) is 0 Å². The maximum Gasteiger partial charge on any atom is 0.146 e. The van der Waals surface area contributed by atoms with Crippen LogP contribution in [0.25, 0.3) is 0 Å². The summed E-state index contributed by atoms with van der Waals surface area (Å²) < 4.78 is 14.1. The molecule has 0 saturated heterocycles. The van der Waals surface area contributed by atoms with E-state index in [0.717, 1.165) is 21.7 Å². The standard InChI is InChI=1S/C22H23O2P/c1-18-13-15-19(16-14-18)22(2,23)17-25(24,20-9-5-3-6-10-20)21-11-7-4-8-12-21/h3-16,23H,17H2,1-2H3. The molecule has 0 heterocycles. The van der Waals surface area contributed by atoms with E-state index < -0.39 is 12.7 Å². The van der Waals surface area contributed by atoms with Gasteiger partial charge in [0, 0.05) is 16.8 Å². The van der Waals surface area contributed by atoms with Crippen molar-refractivity contribution in [3.05, 3.63) is 96.1 Å². The molecule has 1 atom stereocenters. The van der Waals surface area contributed by atoms with Crippen molar-refractivity contribution in [2.75, 3.05) is 6.16 Å². The molecule has 0 aliphatic heterocycles. The summed E-state index contributed by atoms with van der Waals surface area (Å²) in [4.78, 5) is 0. The van der Waals surface area contributed by atoms with Crippen molar-refractivity contribution in [1.82, 2.24) is 0 Å². The lowest BCUT2D eigenvalue weighted by molar-refractivity contribution is 0.0820. The highest BCUT2D eigenvalue weighted by Crippen LogP contribution is 2.48. The van der Waals surface area contributed by atoms with Crippen LogP contribution in [0, 0.1) is 6.92 Å². The number of hydrogen-bond acceptors (Lipinski definition) is 2. The fraction of sp³-hybridized carbons (Fsp3) is 0.182. The third-order valence-electron chi connectivity index (χ3n) is 4.55. The van der Waals surface area contributed by atoms with Crippen LogP contribution in [0.5, 0.6) is 0 Å². The van der Waals surface area contributed by atoms with Gasteiger partial charge in [-0.15, -0.1) is 0 Å². The van der Waals surface area contributed by atoms with E-state index >= 15 is 0 Å². The highest BCUT2D eigenvalue weighted by molar-refractivity contribution is 7.78.